The number of benzene rings is 2. The summed E-state index contributed by atoms with van der Waals surface area (Å²) in [5.41, 5.74) is -2.58. The first kappa shape index (κ1) is 18.8. The lowest BCUT2D eigenvalue weighted by Crippen LogP contribution is -2.49. The van der Waals surface area contributed by atoms with Gasteiger partial charge in [-0.05, 0) is 24.1 Å². The van der Waals surface area contributed by atoms with E-state index in [4.69, 9.17) is 0 Å². The first-order chi connectivity index (χ1) is 11.8. The molecule has 25 heavy (non-hydrogen) atoms. The summed E-state index contributed by atoms with van der Waals surface area (Å²) in [6, 6.07) is 14.6. The van der Waals surface area contributed by atoms with Gasteiger partial charge in [0.1, 0.15) is 0 Å². The van der Waals surface area contributed by atoms with Crippen LogP contribution in [0, 0.1) is 0 Å². The van der Waals surface area contributed by atoms with Gasteiger partial charge in [-0.2, -0.15) is 13.2 Å². The maximum atomic E-state index is 13.2. The van der Waals surface area contributed by atoms with Gasteiger partial charge in [-0.1, -0.05) is 42.5 Å². The molecule has 0 fully saturated rings. The Morgan fingerprint density at radius 1 is 1.08 bits per heavy atom. The number of carbonyl (C=O) groups is 1. The van der Waals surface area contributed by atoms with Gasteiger partial charge in [-0.3, -0.25) is 0 Å². The third kappa shape index (κ3) is 4.11. The number of alkyl halides is 3. The number of methoxy groups -OCH3 is 1. The average molecular weight is 353 g/mol. The molecule has 2 N–H and O–H groups in total. The Morgan fingerprint density at radius 2 is 1.68 bits per heavy atom. The van der Waals surface area contributed by atoms with Crippen LogP contribution in [0.3, 0.4) is 0 Å². The highest BCUT2D eigenvalue weighted by molar-refractivity contribution is 5.82. The molecule has 0 radical (unpaired) electrons. The van der Waals surface area contributed by atoms with Crippen molar-refractivity contribution in [1.82, 2.24) is 0 Å². The molecule has 7 heteroatoms. The zero-order chi connectivity index (χ0) is 18.5. The molecule has 1 atom stereocenters. The van der Waals surface area contributed by atoms with Crippen LogP contribution in [-0.4, -0.2) is 30.9 Å². The van der Waals surface area contributed by atoms with Crippen molar-refractivity contribution in [3.63, 3.8) is 0 Å². The molecule has 0 saturated heterocycles. The van der Waals surface area contributed by atoms with E-state index in [-0.39, 0.29) is 0 Å². The average Bonchev–Trinajstić information content (AvgIpc) is 2.61. The minimum absolute atomic E-state index is 0.578. The van der Waals surface area contributed by atoms with Crippen LogP contribution >= 0.6 is 0 Å². The van der Waals surface area contributed by atoms with Crippen molar-refractivity contribution in [2.24, 2.45) is 0 Å². The molecule has 2 aromatic rings. The van der Waals surface area contributed by atoms with E-state index in [9.17, 15) is 23.1 Å². The fourth-order valence-corrected chi connectivity index (χ4v) is 2.37. The third-order valence-electron chi connectivity index (χ3n) is 3.78. The molecule has 0 aliphatic heterocycles. The van der Waals surface area contributed by atoms with Gasteiger partial charge in [-0.25, -0.2) is 4.79 Å². The first-order valence-corrected chi connectivity index (χ1v) is 7.55. The second-order valence-electron chi connectivity index (χ2n) is 5.44. The fraction of sp³-hybridized carbons (Fsp3) is 0.278. The van der Waals surface area contributed by atoms with E-state index in [1.165, 1.54) is 12.1 Å². The summed E-state index contributed by atoms with van der Waals surface area (Å²) in [6.45, 7) is 0.587. The minimum Gasteiger partial charge on any atom is -0.466 e. The Morgan fingerprint density at radius 3 is 2.20 bits per heavy atom. The van der Waals surface area contributed by atoms with Gasteiger partial charge >= 0.3 is 12.1 Å². The predicted molar refractivity (Wildman–Crippen MR) is 87.0 cm³/mol. The second-order valence-corrected chi connectivity index (χ2v) is 5.44. The highest BCUT2D eigenvalue weighted by atomic mass is 19.4. The zero-order valence-electron chi connectivity index (χ0n) is 13.5. The quantitative estimate of drug-likeness (QED) is 0.783. The summed E-state index contributed by atoms with van der Waals surface area (Å²) in [4.78, 5) is 11.5. The van der Waals surface area contributed by atoms with Crippen molar-refractivity contribution in [2.75, 3.05) is 19.0 Å². The second kappa shape index (κ2) is 7.57. The van der Waals surface area contributed by atoms with Crippen LogP contribution in [0.4, 0.5) is 18.9 Å². The van der Waals surface area contributed by atoms with Crippen molar-refractivity contribution >= 4 is 11.7 Å². The Labute approximate surface area is 143 Å². The Bertz CT molecular complexity index is 702. The van der Waals surface area contributed by atoms with E-state index in [1.54, 1.807) is 0 Å². The van der Waals surface area contributed by atoms with Crippen LogP contribution in [0.2, 0.25) is 0 Å². The van der Waals surface area contributed by atoms with Crippen LogP contribution in [-0.2, 0) is 21.6 Å². The lowest BCUT2D eigenvalue weighted by Gasteiger charge is -2.28. The Kier molecular flexibility index (Phi) is 5.69. The van der Waals surface area contributed by atoms with Crippen LogP contribution < -0.4 is 5.32 Å². The molecule has 0 bridgehead atoms. The predicted octanol–water partition coefficient (Wildman–Crippen LogP) is 3.26. The fourth-order valence-electron chi connectivity index (χ4n) is 2.37. The third-order valence-corrected chi connectivity index (χ3v) is 3.78. The molecule has 0 unspecified atom stereocenters. The summed E-state index contributed by atoms with van der Waals surface area (Å²) in [7, 11) is 0.790. The molecule has 2 aromatic carbocycles. The normalized spacial score (nSPS) is 13.8. The van der Waals surface area contributed by atoms with Gasteiger partial charge < -0.3 is 15.2 Å². The maximum absolute atomic E-state index is 13.2. The number of ether oxygens (including phenoxy) is 1. The Hall–Kier alpha value is -2.54. The number of hydrogen-bond acceptors (Lipinski definition) is 4. The standard InChI is InChI=1S/C18H18F3NO3/c1-25-16(23)17(24,18(19,20)21)14-7-9-15(10-8-14)22-12-11-13-5-3-2-4-6-13/h2-10,22,24H,11-12H2,1H3/t17-/m0/s1. The highest BCUT2D eigenvalue weighted by Gasteiger charge is 2.62. The minimum atomic E-state index is -5.19. The molecular formula is C18H18F3NO3. The van der Waals surface area contributed by atoms with Crippen LogP contribution in [0.15, 0.2) is 54.6 Å². The van der Waals surface area contributed by atoms with Crippen molar-refractivity contribution in [3.8, 4) is 0 Å². The molecule has 2 rings (SSSR count). The number of rotatable bonds is 6. The molecule has 0 aliphatic rings. The number of hydrogen-bond donors (Lipinski definition) is 2. The monoisotopic (exact) mass is 353 g/mol. The molecule has 4 nitrogen and oxygen atoms in total. The maximum Gasteiger partial charge on any atom is 0.432 e. The lowest BCUT2D eigenvalue weighted by atomic mass is 9.93. The zero-order valence-corrected chi connectivity index (χ0v) is 13.5. The number of esters is 1. The molecule has 0 heterocycles. The van der Waals surface area contributed by atoms with Crippen LogP contribution in [0.5, 0.6) is 0 Å². The number of nitrogens with one attached hydrogen (secondary N) is 1. The van der Waals surface area contributed by atoms with Gasteiger partial charge in [0.25, 0.3) is 5.60 Å². The van der Waals surface area contributed by atoms with E-state index in [1.807, 2.05) is 30.3 Å². The van der Waals surface area contributed by atoms with Crippen molar-refractivity contribution in [2.45, 2.75) is 18.2 Å². The van der Waals surface area contributed by atoms with Gasteiger partial charge in [0.2, 0.25) is 0 Å². The van der Waals surface area contributed by atoms with E-state index in [2.05, 4.69) is 10.1 Å². The van der Waals surface area contributed by atoms with Crippen molar-refractivity contribution < 1.29 is 27.8 Å². The molecule has 0 saturated carbocycles. The Balaban J connectivity index is 2.08. The van der Waals surface area contributed by atoms with E-state index < -0.39 is 23.3 Å². The SMILES string of the molecule is COC(=O)[C@@](O)(c1ccc(NCCc2ccccc2)cc1)C(F)(F)F. The van der Waals surface area contributed by atoms with Crippen LogP contribution in [0.25, 0.3) is 0 Å². The molecule has 134 valence electrons. The van der Waals surface area contributed by atoms with Gasteiger partial charge in [-0.15, -0.1) is 0 Å². The molecule has 0 spiro atoms. The number of anilines is 1. The number of carbonyl (C=O) groups excluding carboxylic acids is 1. The van der Waals surface area contributed by atoms with Crippen LogP contribution in [0.1, 0.15) is 11.1 Å². The van der Waals surface area contributed by atoms with Crippen molar-refractivity contribution in [1.29, 1.82) is 0 Å². The summed E-state index contributed by atoms with van der Waals surface area (Å²) in [6.07, 6.45) is -4.44. The lowest BCUT2D eigenvalue weighted by molar-refractivity contribution is -0.266. The van der Waals surface area contributed by atoms with E-state index in [0.29, 0.717) is 12.2 Å². The first-order valence-electron chi connectivity index (χ1n) is 7.55. The largest absolute Gasteiger partial charge is 0.466 e. The summed E-state index contributed by atoms with van der Waals surface area (Å²) >= 11 is 0. The summed E-state index contributed by atoms with van der Waals surface area (Å²) in [5, 5.41) is 13.0. The molecular weight excluding hydrogens is 335 g/mol. The molecule has 0 aromatic heterocycles. The van der Waals surface area contributed by atoms with Crippen molar-refractivity contribution in [3.05, 3.63) is 65.7 Å². The topological polar surface area (TPSA) is 58.6 Å². The van der Waals surface area contributed by atoms with E-state index in [0.717, 1.165) is 31.2 Å². The smallest absolute Gasteiger partial charge is 0.432 e. The number of halogens is 3. The van der Waals surface area contributed by atoms with E-state index >= 15 is 0 Å². The number of aliphatic hydroxyl groups is 1. The summed E-state index contributed by atoms with van der Waals surface area (Å²) in [5.74, 6) is -1.77. The molecule has 0 amide bonds. The highest BCUT2D eigenvalue weighted by Crippen LogP contribution is 2.40. The summed E-state index contributed by atoms with van der Waals surface area (Å²) < 4.78 is 43.6. The molecule has 0 aliphatic carbocycles. The van der Waals surface area contributed by atoms with Gasteiger partial charge in [0, 0.05) is 17.8 Å². The van der Waals surface area contributed by atoms with Gasteiger partial charge in [0.05, 0.1) is 7.11 Å². The van der Waals surface area contributed by atoms with Gasteiger partial charge in [0.15, 0.2) is 0 Å².